The van der Waals surface area contributed by atoms with Crippen molar-refractivity contribution in [2.75, 3.05) is 25.5 Å². The zero-order valence-electron chi connectivity index (χ0n) is 9.64. The molecule has 0 aromatic carbocycles. The van der Waals surface area contributed by atoms with E-state index in [1.165, 1.54) is 45.3 Å². The van der Waals surface area contributed by atoms with E-state index < -0.39 is 0 Å². The van der Waals surface area contributed by atoms with Crippen LogP contribution >= 0.6 is 11.6 Å². The second-order valence-electron chi connectivity index (χ2n) is 4.97. The van der Waals surface area contributed by atoms with E-state index in [4.69, 9.17) is 11.6 Å². The van der Waals surface area contributed by atoms with Crippen LogP contribution in [-0.2, 0) is 0 Å². The Morgan fingerprint density at radius 1 is 1.43 bits per heavy atom. The van der Waals surface area contributed by atoms with Gasteiger partial charge in [0.2, 0.25) is 0 Å². The van der Waals surface area contributed by atoms with Gasteiger partial charge >= 0.3 is 0 Å². The number of likely N-dealkylation sites (tertiary alicyclic amines) is 1. The van der Waals surface area contributed by atoms with Gasteiger partial charge in [0.15, 0.2) is 0 Å². The van der Waals surface area contributed by atoms with Crippen LogP contribution in [0.5, 0.6) is 0 Å². The average molecular weight is 218 g/mol. The van der Waals surface area contributed by atoms with Gasteiger partial charge in [-0.05, 0) is 50.6 Å². The average Bonchev–Trinajstić information content (AvgIpc) is 2.16. The minimum atomic E-state index is 0.836. The molecule has 0 aromatic heterocycles. The Morgan fingerprint density at radius 3 is 2.86 bits per heavy atom. The van der Waals surface area contributed by atoms with Crippen LogP contribution in [-0.4, -0.2) is 30.4 Å². The summed E-state index contributed by atoms with van der Waals surface area (Å²) in [6, 6.07) is 0. The molecular formula is C12H24ClN. The van der Waals surface area contributed by atoms with Gasteiger partial charge in [0, 0.05) is 12.4 Å². The summed E-state index contributed by atoms with van der Waals surface area (Å²) in [5.74, 6) is 2.54. The second kappa shape index (κ2) is 6.68. The summed E-state index contributed by atoms with van der Waals surface area (Å²) in [5.41, 5.74) is 0. The van der Waals surface area contributed by atoms with Gasteiger partial charge in [-0.3, -0.25) is 0 Å². The molecule has 1 fully saturated rings. The predicted octanol–water partition coefficient (Wildman–Crippen LogP) is 3.37. The lowest BCUT2D eigenvalue weighted by Crippen LogP contribution is -2.36. The molecule has 1 aliphatic heterocycles. The van der Waals surface area contributed by atoms with Gasteiger partial charge in [0.25, 0.3) is 0 Å². The molecule has 1 aliphatic rings. The monoisotopic (exact) mass is 217 g/mol. The third-order valence-electron chi connectivity index (χ3n) is 3.14. The minimum Gasteiger partial charge on any atom is -0.303 e. The van der Waals surface area contributed by atoms with Gasteiger partial charge in [-0.1, -0.05) is 13.8 Å². The van der Waals surface area contributed by atoms with E-state index in [2.05, 4.69) is 18.7 Å². The van der Waals surface area contributed by atoms with Crippen molar-refractivity contribution in [3.05, 3.63) is 0 Å². The summed E-state index contributed by atoms with van der Waals surface area (Å²) < 4.78 is 0. The van der Waals surface area contributed by atoms with Crippen LogP contribution < -0.4 is 0 Å². The number of alkyl halides is 1. The molecule has 14 heavy (non-hydrogen) atoms. The van der Waals surface area contributed by atoms with Crippen LogP contribution in [0.15, 0.2) is 0 Å². The first-order valence-corrected chi connectivity index (χ1v) is 6.54. The molecule has 1 nitrogen and oxygen atoms in total. The molecule has 84 valence electrons. The highest BCUT2D eigenvalue weighted by Gasteiger charge is 2.18. The van der Waals surface area contributed by atoms with Crippen molar-refractivity contribution in [1.82, 2.24) is 4.90 Å². The molecule has 1 saturated heterocycles. The van der Waals surface area contributed by atoms with Gasteiger partial charge in [0.1, 0.15) is 0 Å². The molecule has 1 atom stereocenters. The summed E-state index contributed by atoms with van der Waals surface area (Å²) in [4.78, 5) is 2.63. The first kappa shape index (κ1) is 12.3. The molecule has 0 amide bonds. The van der Waals surface area contributed by atoms with Crippen molar-refractivity contribution in [2.45, 2.75) is 39.5 Å². The van der Waals surface area contributed by atoms with E-state index in [-0.39, 0.29) is 0 Å². The summed E-state index contributed by atoms with van der Waals surface area (Å²) in [5, 5.41) is 0. The minimum absolute atomic E-state index is 0.836. The Kier molecular flexibility index (Phi) is 5.88. The summed E-state index contributed by atoms with van der Waals surface area (Å²) in [7, 11) is 0. The van der Waals surface area contributed by atoms with E-state index in [9.17, 15) is 0 Å². The SMILES string of the molecule is CC(C)CCN1CCCC(CCCl)C1. The maximum absolute atomic E-state index is 5.79. The number of nitrogens with zero attached hydrogens (tertiary/aromatic N) is 1. The van der Waals surface area contributed by atoms with Crippen LogP contribution in [0.2, 0.25) is 0 Å². The molecule has 0 radical (unpaired) electrons. The highest BCUT2D eigenvalue weighted by atomic mass is 35.5. The first-order valence-electron chi connectivity index (χ1n) is 6.00. The van der Waals surface area contributed by atoms with Crippen molar-refractivity contribution in [1.29, 1.82) is 0 Å². The van der Waals surface area contributed by atoms with Crippen molar-refractivity contribution in [3.8, 4) is 0 Å². The number of halogens is 1. The number of piperidine rings is 1. The molecule has 0 bridgehead atoms. The standard InChI is InChI=1S/C12H24ClN/c1-11(2)6-9-14-8-3-4-12(10-14)5-7-13/h11-12H,3-10H2,1-2H3. The zero-order chi connectivity index (χ0) is 10.4. The maximum atomic E-state index is 5.79. The topological polar surface area (TPSA) is 3.24 Å². The van der Waals surface area contributed by atoms with Crippen molar-refractivity contribution < 1.29 is 0 Å². The van der Waals surface area contributed by atoms with Gasteiger partial charge in [-0.2, -0.15) is 0 Å². The molecule has 0 aromatic rings. The Balaban J connectivity index is 2.18. The van der Waals surface area contributed by atoms with E-state index in [1.54, 1.807) is 0 Å². The van der Waals surface area contributed by atoms with E-state index in [0.29, 0.717) is 0 Å². The van der Waals surface area contributed by atoms with Crippen LogP contribution in [0.25, 0.3) is 0 Å². The van der Waals surface area contributed by atoms with Gasteiger partial charge in [-0.15, -0.1) is 11.6 Å². The largest absolute Gasteiger partial charge is 0.303 e. The normalized spacial score (nSPS) is 24.4. The lowest BCUT2D eigenvalue weighted by molar-refractivity contribution is 0.165. The number of hydrogen-bond acceptors (Lipinski definition) is 1. The van der Waals surface area contributed by atoms with E-state index >= 15 is 0 Å². The molecule has 0 saturated carbocycles. The third-order valence-corrected chi connectivity index (χ3v) is 3.36. The van der Waals surface area contributed by atoms with Gasteiger partial charge in [-0.25, -0.2) is 0 Å². The summed E-state index contributed by atoms with van der Waals surface area (Å²) in [6.45, 7) is 8.50. The van der Waals surface area contributed by atoms with E-state index in [0.717, 1.165) is 17.7 Å². The van der Waals surface area contributed by atoms with Gasteiger partial charge < -0.3 is 4.90 Å². The maximum Gasteiger partial charge on any atom is 0.0226 e. The van der Waals surface area contributed by atoms with Crippen molar-refractivity contribution in [3.63, 3.8) is 0 Å². The van der Waals surface area contributed by atoms with Crippen LogP contribution in [0.4, 0.5) is 0 Å². The Bertz CT molecular complexity index is 145. The molecule has 1 heterocycles. The molecule has 0 aliphatic carbocycles. The second-order valence-corrected chi connectivity index (χ2v) is 5.35. The molecule has 2 heteroatoms. The zero-order valence-corrected chi connectivity index (χ0v) is 10.4. The fraction of sp³-hybridized carbons (Fsp3) is 1.00. The van der Waals surface area contributed by atoms with E-state index in [1.807, 2.05) is 0 Å². The van der Waals surface area contributed by atoms with Gasteiger partial charge in [0.05, 0.1) is 0 Å². The lowest BCUT2D eigenvalue weighted by atomic mass is 9.95. The number of hydrogen-bond donors (Lipinski definition) is 0. The smallest absolute Gasteiger partial charge is 0.0226 e. The molecule has 0 spiro atoms. The Labute approximate surface area is 93.8 Å². The highest BCUT2D eigenvalue weighted by Crippen LogP contribution is 2.20. The Morgan fingerprint density at radius 2 is 2.21 bits per heavy atom. The lowest BCUT2D eigenvalue weighted by Gasteiger charge is -2.32. The fourth-order valence-corrected chi connectivity index (χ4v) is 2.49. The van der Waals surface area contributed by atoms with Crippen molar-refractivity contribution in [2.24, 2.45) is 11.8 Å². The summed E-state index contributed by atoms with van der Waals surface area (Å²) >= 11 is 5.79. The molecule has 0 N–H and O–H groups in total. The van der Waals surface area contributed by atoms with Crippen LogP contribution in [0, 0.1) is 11.8 Å². The first-order chi connectivity index (χ1) is 6.72. The van der Waals surface area contributed by atoms with Crippen LogP contribution in [0.1, 0.15) is 39.5 Å². The summed E-state index contributed by atoms with van der Waals surface area (Å²) in [6.07, 6.45) is 5.32. The van der Waals surface area contributed by atoms with Crippen molar-refractivity contribution >= 4 is 11.6 Å². The molecule has 1 rings (SSSR count). The van der Waals surface area contributed by atoms with Crippen LogP contribution in [0.3, 0.4) is 0 Å². The molecule has 1 unspecified atom stereocenters. The Hall–Kier alpha value is 0.250. The highest BCUT2D eigenvalue weighted by molar-refractivity contribution is 6.17. The molecular weight excluding hydrogens is 194 g/mol. The fourth-order valence-electron chi connectivity index (χ4n) is 2.19. The number of rotatable bonds is 5. The predicted molar refractivity (Wildman–Crippen MR) is 64.0 cm³/mol. The third kappa shape index (κ3) is 4.65. The quantitative estimate of drug-likeness (QED) is 0.639.